The lowest BCUT2D eigenvalue weighted by Crippen LogP contribution is -2.49. The molecule has 0 aliphatic carbocycles. The summed E-state index contributed by atoms with van der Waals surface area (Å²) >= 11 is 0. The van der Waals surface area contributed by atoms with Gasteiger partial charge in [0.2, 0.25) is 11.8 Å². The average Bonchev–Trinajstić information content (AvgIpc) is 3.11. The number of benzene rings is 3. The number of hydrogen-bond donors (Lipinski definition) is 4. The maximum Gasteiger partial charge on any atom is 0.243 e. The first kappa shape index (κ1) is 34.7. The molecule has 3 aromatic rings. The van der Waals surface area contributed by atoms with Gasteiger partial charge in [-0.25, -0.2) is 5.48 Å². The Morgan fingerprint density at radius 1 is 0.745 bits per heavy atom. The Morgan fingerprint density at radius 2 is 1.45 bits per heavy atom. The molecule has 2 aliphatic rings. The number of nitrogens with one attached hydrogen (secondary N) is 2. The van der Waals surface area contributed by atoms with E-state index in [2.05, 4.69) is 45.4 Å². The van der Waals surface area contributed by atoms with Crippen LogP contribution in [-0.4, -0.2) is 70.8 Å². The zero-order chi connectivity index (χ0) is 32.8. The number of piperazine rings is 1. The third kappa shape index (κ3) is 11.0. The van der Waals surface area contributed by atoms with E-state index in [4.69, 9.17) is 14.7 Å². The smallest absolute Gasteiger partial charge is 0.243 e. The van der Waals surface area contributed by atoms with Crippen LogP contribution >= 0.6 is 0 Å². The molecule has 252 valence electrons. The molecular formula is C37H48N4O6. The van der Waals surface area contributed by atoms with Gasteiger partial charge in [0.25, 0.3) is 0 Å². The van der Waals surface area contributed by atoms with Gasteiger partial charge in [-0.1, -0.05) is 79.6 Å². The highest BCUT2D eigenvalue weighted by molar-refractivity contribution is 5.90. The van der Waals surface area contributed by atoms with Gasteiger partial charge in [0.05, 0.1) is 18.8 Å². The second-order valence-corrected chi connectivity index (χ2v) is 12.5. The van der Waals surface area contributed by atoms with Crippen LogP contribution in [0, 0.1) is 0 Å². The molecule has 0 spiro atoms. The number of aliphatic hydroxyl groups is 1. The summed E-state index contributed by atoms with van der Waals surface area (Å²) in [4.78, 5) is 28.8. The molecule has 4 N–H and O–H groups in total. The molecule has 3 aromatic carbocycles. The number of anilines is 1. The van der Waals surface area contributed by atoms with Crippen LogP contribution in [0.15, 0.2) is 78.9 Å². The Kier molecular flexibility index (Phi) is 13.3. The van der Waals surface area contributed by atoms with Crippen molar-refractivity contribution < 1.29 is 29.4 Å². The van der Waals surface area contributed by atoms with E-state index in [0.717, 1.165) is 81.6 Å². The fourth-order valence-corrected chi connectivity index (χ4v) is 6.26. The van der Waals surface area contributed by atoms with E-state index >= 15 is 0 Å². The Morgan fingerprint density at radius 3 is 2.15 bits per heavy atom. The van der Waals surface area contributed by atoms with Gasteiger partial charge in [0.15, 0.2) is 6.29 Å². The molecule has 2 saturated heterocycles. The molecule has 10 heteroatoms. The molecule has 2 aliphatic heterocycles. The van der Waals surface area contributed by atoms with Crippen LogP contribution in [0.2, 0.25) is 0 Å². The Balaban J connectivity index is 1.18. The van der Waals surface area contributed by atoms with Gasteiger partial charge in [-0.05, 0) is 41.7 Å². The fraction of sp³-hybridized carbons (Fsp3) is 0.459. The van der Waals surface area contributed by atoms with Crippen molar-refractivity contribution in [1.29, 1.82) is 0 Å². The minimum atomic E-state index is -0.594. The van der Waals surface area contributed by atoms with Gasteiger partial charge in [0, 0.05) is 69.8 Å². The van der Waals surface area contributed by atoms with Crippen LogP contribution in [0.25, 0.3) is 0 Å². The predicted octanol–water partition coefficient (Wildman–Crippen LogP) is 5.33. The molecule has 5 rings (SSSR count). The lowest BCUT2D eigenvalue weighted by molar-refractivity contribution is -0.253. The highest BCUT2D eigenvalue weighted by atomic mass is 16.7. The minimum absolute atomic E-state index is 0.00171. The predicted molar refractivity (Wildman–Crippen MR) is 179 cm³/mol. The number of aliphatic hydroxyl groups excluding tert-OH is 1. The Labute approximate surface area is 277 Å². The summed E-state index contributed by atoms with van der Waals surface area (Å²) in [6, 6.07) is 26.2. The van der Waals surface area contributed by atoms with Crippen LogP contribution in [0.4, 0.5) is 5.69 Å². The van der Waals surface area contributed by atoms with Gasteiger partial charge < -0.3 is 19.9 Å². The monoisotopic (exact) mass is 644 g/mol. The maximum atomic E-state index is 12.7. The van der Waals surface area contributed by atoms with Gasteiger partial charge in [-0.2, -0.15) is 0 Å². The molecule has 3 atom stereocenters. The average molecular weight is 645 g/mol. The van der Waals surface area contributed by atoms with Crippen molar-refractivity contribution in [2.45, 2.75) is 76.6 Å². The number of unbranched alkanes of at least 4 members (excludes halogenated alkanes) is 3. The maximum absolute atomic E-state index is 12.7. The SMILES string of the molecule is O=C(CCCCCCC(=O)Nc1cccc(C2OC(CN3CCN(Cc4ccccc4)CC3)CC(c3ccc(CO)cc3)O2)c1)NO. The van der Waals surface area contributed by atoms with Crippen molar-refractivity contribution in [3.8, 4) is 0 Å². The molecule has 2 heterocycles. The first-order valence-electron chi connectivity index (χ1n) is 16.8. The normalized spacial score (nSPS) is 20.5. The van der Waals surface area contributed by atoms with Crippen LogP contribution in [0.1, 0.15) is 79.6 Å². The quantitative estimate of drug-likeness (QED) is 0.0996. The Hall–Kier alpha value is -3.64. The first-order chi connectivity index (χ1) is 23.0. The molecule has 10 nitrogen and oxygen atoms in total. The summed E-state index contributed by atoms with van der Waals surface area (Å²) < 4.78 is 13.2. The molecule has 2 amide bonds. The summed E-state index contributed by atoms with van der Waals surface area (Å²) in [6.45, 7) is 5.76. The number of carbonyl (C=O) groups is 2. The Bertz CT molecular complexity index is 1400. The number of ether oxygens (including phenoxy) is 2. The fourth-order valence-electron chi connectivity index (χ4n) is 6.26. The number of rotatable bonds is 15. The van der Waals surface area contributed by atoms with Gasteiger partial charge in [-0.3, -0.25) is 24.6 Å². The second-order valence-electron chi connectivity index (χ2n) is 12.5. The van der Waals surface area contributed by atoms with Crippen LogP contribution in [0.5, 0.6) is 0 Å². The molecule has 47 heavy (non-hydrogen) atoms. The highest BCUT2D eigenvalue weighted by Crippen LogP contribution is 2.38. The molecule has 0 bridgehead atoms. The third-order valence-electron chi connectivity index (χ3n) is 8.92. The summed E-state index contributed by atoms with van der Waals surface area (Å²) in [6.07, 6.45) is 3.63. The highest BCUT2D eigenvalue weighted by Gasteiger charge is 2.34. The van der Waals surface area contributed by atoms with Crippen molar-refractivity contribution in [3.05, 3.63) is 101 Å². The topological polar surface area (TPSA) is 124 Å². The number of hydrogen-bond acceptors (Lipinski definition) is 8. The van der Waals surface area contributed by atoms with E-state index in [0.29, 0.717) is 18.5 Å². The summed E-state index contributed by atoms with van der Waals surface area (Å²) in [5.74, 6) is -0.449. The van der Waals surface area contributed by atoms with Crippen molar-refractivity contribution in [3.63, 3.8) is 0 Å². The van der Waals surface area contributed by atoms with E-state index in [1.807, 2.05) is 48.5 Å². The third-order valence-corrected chi connectivity index (χ3v) is 8.92. The van der Waals surface area contributed by atoms with E-state index in [1.54, 1.807) is 5.48 Å². The number of nitrogens with zero attached hydrogens (tertiary/aromatic N) is 2. The molecule has 0 aromatic heterocycles. The minimum Gasteiger partial charge on any atom is -0.392 e. The second kappa shape index (κ2) is 18.1. The summed E-state index contributed by atoms with van der Waals surface area (Å²) in [5, 5.41) is 21.1. The standard InChI is InChI=1S/C37H48N4O6/c42-27-29-15-17-30(18-16-29)34-24-33(26-41-21-19-40(20-22-41)25-28-9-4-3-5-10-28)46-37(47-34)31-11-8-12-32(23-31)38-35(43)13-6-1-2-7-14-36(44)39-45/h3-5,8-12,15-18,23,33-34,37,42,45H,1-2,6-7,13-14,19-22,24-27H2,(H,38,43)(H,39,44). The summed E-state index contributed by atoms with van der Waals surface area (Å²) in [5.41, 5.74) is 6.43. The molecule has 0 radical (unpaired) electrons. The zero-order valence-corrected chi connectivity index (χ0v) is 27.1. The number of carbonyl (C=O) groups excluding carboxylic acids is 2. The van der Waals surface area contributed by atoms with E-state index < -0.39 is 6.29 Å². The zero-order valence-electron chi connectivity index (χ0n) is 27.1. The largest absolute Gasteiger partial charge is 0.392 e. The lowest BCUT2D eigenvalue weighted by atomic mass is 9.99. The first-order valence-corrected chi connectivity index (χ1v) is 16.8. The molecule has 0 saturated carbocycles. The molecular weight excluding hydrogens is 596 g/mol. The van der Waals surface area contributed by atoms with Crippen molar-refractivity contribution >= 4 is 17.5 Å². The van der Waals surface area contributed by atoms with Crippen LogP contribution < -0.4 is 10.8 Å². The van der Waals surface area contributed by atoms with Gasteiger partial charge in [-0.15, -0.1) is 0 Å². The summed E-state index contributed by atoms with van der Waals surface area (Å²) in [7, 11) is 0. The number of amides is 2. The molecule has 3 unspecified atom stereocenters. The van der Waals surface area contributed by atoms with Crippen molar-refractivity contribution in [2.75, 3.05) is 38.0 Å². The number of hydroxylamine groups is 1. The van der Waals surface area contributed by atoms with Crippen molar-refractivity contribution in [1.82, 2.24) is 15.3 Å². The van der Waals surface area contributed by atoms with E-state index in [9.17, 15) is 14.7 Å². The van der Waals surface area contributed by atoms with Crippen LogP contribution in [-0.2, 0) is 32.2 Å². The van der Waals surface area contributed by atoms with Crippen LogP contribution in [0.3, 0.4) is 0 Å². The van der Waals surface area contributed by atoms with Crippen molar-refractivity contribution in [2.24, 2.45) is 0 Å². The van der Waals surface area contributed by atoms with Gasteiger partial charge >= 0.3 is 0 Å². The lowest BCUT2D eigenvalue weighted by Gasteiger charge is -2.41. The van der Waals surface area contributed by atoms with E-state index in [1.165, 1.54) is 5.56 Å². The molecule has 2 fully saturated rings. The van der Waals surface area contributed by atoms with E-state index in [-0.39, 0.29) is 37.0 Å². The van der Waals surface area contributed by atoms with Gasteiger partial charge in [0.1, 0.15) is 0 Å².